The lowest BCUT2D eigenvalue weighted by Gasteiger charge is -2.39. The molecule has 1 aliphatic rings. The van der Waals surface area contributed by atoms with Gasteiger partial charge in [0.15, 0.2) is 0 Å². The molecule has 2 heteroatoms. The molecule has 1 fully saturated rings. The molecule has 1 heterocycles. The van der Waals surface area contributed by atoms with Gasteiger partial charge in [-0.2, -0.15) is 11.3 Å². The quantitative estimate of drug-likeness (QED) is 0.836. The maximum absolute atomic E-state index is 3.72. The zero-order chi connectivity index (χ0) is 11.6. The third kappa shape index (κ3) is 3.08. The maximum Gasteiger partial charge on any atom is 0.0216 e. The van der Waals surface area contributed by atoms with Crippen molar-refractivity contribution in [1.29, 1.82) is 0 Å². The lowest BCUT2D eigenvalue weighted by atomic mass is 9.70. The lowest BCUT2D eigenvalue weighted by molar-refractivity contribution is 0.148. The number of hydrogen-bond donors (Lipinski definition) is 1. The van der Waals surface area contributed by atoms with Gasteiger partial charge in [0.05, 0.1) is 0 Å². The Balaban J connectivity index is 1.83. The molecule has 0 spiro atoms. The molecule has 16 heavy (non-hydrogen) atoms. The molecule has 0 aliphatic heterocycles. The SMILES string of the molecule is CC1CC(C)(C)CCC1NCc1ccsc1. The van der Waals surface area contributed by atoms with Crippen LogP contribution in [0, 0.1) is 11.3 Å². The van der Waals surface area contributed by atoms with Gasteiger partial charge in [-0.05, 0) is 53.0 Å². The predicted octanol–water partition coefficient (Wildman–Crippen LogP) is 4.05. The van der Waals surface area contributed by atoms with Crippen LogP contribution in [0.2, 0.25) is 0 Å². The maximum atomic E-state index is 3.72. The van der Waals surface area contributed by atoms with Crippen LogP contribution < -0.4 is 5.32 Å². The fraction of sp³-hybridized carbons (Fsp3) is 0.714. The van der Waals surface area contributed by atoms with Crippen LogP contribution in [0.15, 0.2) is 16.8 Å². The first kappa shape index (κ1) is 12.1. The summed E-state index contributed by atoms with van der Waals surface area (Å²) in [5, 5.41) is 8.12. The molecule has 2 atom stereocenters. The van der Waals surface area contributed by atoms with Gasteiger partial charge < -0.3 is 5.32 Å². The molecule has 1 aromatic heterocycles. The van der Waals surface area contributed by atoms with E-state index in [1.165, 1.54) is 24.8 Å². The lowest BCUT2D eigenvalue weighted by Crippen LogP contribution is -2.41. The highest BCUT2D eigenvalue weighted by Crippen LogP contribution is 2.38. The van der Waals surface area contributed by atoms with E-state index in [-0.39, 0.29) is 0 Å². The van der Waals surface area contributed by atoms with E-state index in [4.69, 9.17) is 0 Å². The molecule has 1 N–H and O–H groups in total. The molecule has 0 radical (unpaired) electrons. The smallest absolute Gasteiger partial charge is 0.0216 e. The molecule has 0 bridgehead atoms. The molecule has 0 aromatic carbocycles. The van der Waals surface area contributed by atoms with Crippen LogP contribution in [0.3, 0.4) is 0 Å². The third-order valence-corrected chi connectivity index (χ3v) is 4.57. The average molecular weight is 237 g/mol. The highest BCUT2D eigenvalue weighted by atomic mass is 32.1. The minimum Gasteiger partial charge on any atom is -0.310 e. The van der Waals surface area contributed by atoms with E-state index < -0.39 is 0 Å². The Bertz CT molecular complexity index is 315. The summed E-state index contributed by atoms with van der Waals surface area (Å²) in [4.78, 5) is 0. The molecule has 0 amide bonds. The summed E-state index contributed by atoms with van der Waals surface area (Å²) in [7, 11) is 0. The second kappa shape index (κ2) is 4.89. The second-order valence-electron chi connectivity index (χ2n) is 6.00. The van der Waals surface area contributed by atoms with Gasteiger partial charge in [0.25, 0.3) is 0 Å². The summed E-state index contributed by atoms with van der Waals surface area (Å²) in [6.45, 7) is 8.24. The summed E-state index contributed by atoms with van der Waals surface area (Å²) in [6, 6.07) is 2.93. The topological polar surface area (TPSA) is 12.0 Å². The summed E-state index contributed by atoms with van der Waals surface area (Å²) in [5.41, 5.74) is 1.99. The third-order valence-electron chi connectivity index (χ3n) is 3.84. The largest absolute Gasteiger partial charge is 0.310 e. The predicted molar refractivity (Wildman–Crippen MR) is 71.7 cm³/mol. The van der Waals surface area contributed by atoms with Crippen LogP contribution in [0.1, 0.15) is 45.6 Å². The first-order valence-corrected chi connectivity index (χ1v) is 7.25. The van der Waals surface area contributed by atoms with Crippen LogP contribution in [-0.4, -0.2) is 6.04 Å². The van der Waals surface area contributed by atoms with Crippen LogP contribution in [0.5, 0.6) is 0 Å². The first-order valence-electron chi connectivity index (χ1n) is 6.31. The van der Waals surface area contributed by atoms with Crippen LogP contribution in [0.25, 0.3) is 0 Å². The van der Waals surface area contributed by atoms with Crippen molar-refractivity contribution in [2.75, 3.05) is 0 Å². The van der Waals surface area contributed by atoms with Crippen LogP contribution in [0.4, 0.5) is 0 Å². The van der Waals surface area contributed by atoms with E-state index >= 15 is 0 Å². The monoisotopic (exact) mass is 237 g/mol. The van der Waals surface area contributed by atoms with Crippen LogP contribution >= 0.6 is 11.3 Å². The van der Waals surface area contributed by atoms with Crippen molar-refractivity contribution in [2.24, 2.45) is 11.3 Å². The standard InChI is InChI=1S/C14H23NS/c1-11-8-14(2,3)6-4-13(11)15-9-12-5-7-16-10-12/h5,7,10-11,13,15H,4,6,8-9H2,1-3H3. The Morgan fingerprint density at radius 1 is 1.50 bits per heavy atom. The van der Waals surface area contributed by atoms with E-state index in [0.29, 0.717) is 11.5 Å². The van der Waals surface area contributed by atoms with Gasteiger partial charge in [0, 0.05) is 12.6 Å². The summed E-state index contributed by atoms with van der Waals surface area (Å²) in [6.07, 6.45) is 4.05. The minimum absolute atomic E-state index is 0.556. The van der Waals surface area contributed by atoms with Crippen molar-refractivity contribution in [3.8, 4) is 0 Å². The minimum atomic E-state index is 0.556. The molecular formula is C14H23NS. The number of rotatable bonds is 3. The molecule has 1 saturated carbocycles. The second-order valence-corrected chi connectivity index (χ2v) is 6.78. The molecule has 2 rings (SSSR count). The Labute approximate surface area is 103 Å². The molecule has 90 valence electrons. The normalized spacial score (nSPS) is 29.2. The number of thiophene rings is 1. The Hall–Kier alpha value is -0.340. The highest BCUT2D eigenvalue weighted by molar-refractivity contribution is 7.07. The van der Waals surface area contributed by atoms with E-state index in [9.17, 15) is 0 Å². The van der Waals surface area contributed by atoms with Crippen LogP contribution in [-0.2, 0) is 6.54 Å². The van der Waals surface area contributed by atoms with Crippen molar-refractivity contribution in [3.63, 3.8) is 0 Å². The summed E-state index contributed by atoms with van der Waals surface area (Å²) < 4.78 is 0. The van der Waals surface area contributed by atoms with Crippen molar-refractivity contribution >= 4 is 11.3 Å². The van der Waals surface area contributed by atoms with Gasteiger partial charge in [-0.15, -0.1) is 0 Å². The van der Waals surface area contributed by atoms with Gasteiger partial charge in [0.1, 0.15) is 0 Å². The molecule has 1 nitrogen and oxygen atoms in total. The molecule has 0 saturated heterocycles. The Kier molecular flexibility index (Phi) is 3.70. The van der Waals surface area contributed by atoms with E-state index in [2.05, 4.69) is 42.9 Å². The van der Waals surface area contributed by atoms with Gasteiger partial charge >= 0.3 is 0 Å². The molecule has 2 unspecified atom stereocenters. The van der Waals surface area contributed by atoms with Gasteiger partial charge in [-0.1, -0.05) is 20.8 Å². The van der Waals surface area contributed by atoms with Crippen molar-refractivity contribution < 1.29 is 0 Å². The fourth-order valence-electron chi connectivity index (χ4n) is 2.89. The van der Waals surface area contributed by atoms with Crippen molar-refractivity contribution in [1.82, 2.24) is 5.32 Å². The van der Waals surface area contributed by atoms with Gasteiger partial charge in [0.2, 0.25) is 0 Å². The Morgan fingerprint density at radius 3 is 2.94 bits per heavy atom. The molecular weight excluding hydrogens is 214 g/mol. The summed E-state index contributed by atoms with van der Waals surface area (Å²) in [5.74, 6) is 0.808. The van der Waals surface area contributed by atoms with Crippen molar-refractivity contribution in [2.45, 2.75) is 52.6 Å². The number of hydrogen-bond acceptors (Lipinski definition) is 2. The molecule has 1 aliphatic carbocycles. The zero-order valence-corrected chi connectivity index (χ0v) is 11.4. The van der Waals surface area contributed by atoms with E-state index in [1.807, 2.05) is 0 Å². The summed E-state index contributed by atoms with van der Waals surface area (Å²) >= 11 is 1.79. The average Bonchev–Trinajstić information content (AvgIpc) is 2.68. The van der Waals surface area contributed by atoms with Gasteiger partial charge in [-0.3, -0.25) is 0 Å². The molecule has 1 aromatic rings. The van der Waals surface area contributed by atoms with Gasteiger partial charge in [-0.25, -0.2) is 0 Å². The number of nitrogens with one attached hydrogen (secondary N) is 1. The van der Waals surface area contributed by atoms with E-state index in [0.717, 1.165) is 12.5 Å². The fourth-order valence-corrected chi connectivity index (χ4v) is 3.56. The first-order chi connectivity index (χ1) is 7.57. The highest BCUT2D eigenvalue weighted by Gasteiger charge is 2.31. The van der Waals surface area contributed by atoms with E-state index in [1.54, 1.807) is 11.3 Å². The zero-order valence-electron chi connectivity index (χ0n) is 10.6. The van der Waals surface area contributed by atoms with Crippen molar-refractivity contribution in [3.05, 3.63) is 22.4 Å². The Morgan fingerprint density at radius 2 is 2.31 bits per heavy atom.